The second-order valence-corrected chi connectivity index (χ2v) is 7.16. The fourth-order valence-electron chi connectivity index (χ4n) is 3.17. The quantitative estimate of drug-likeness (QED) is 0.306. The molecule has 0 spiro atoms. The predicted octanol–water partition coefficient (Wildman–Crippen LogP) is 3.23. The molecule has 0 fully saturated rings. The number of carbonyl (C=O) groups excluding carboxylic acids is 2. The summed E-state index contributed by atoms with van der Waals surface area (Å²) in [6.45, 7) is 6.44. The number of carbonyl (C=O) groups is 2. The predicted molar refractivity (Wildman–Crippen MR) is 123 cm³/mol. The number of hydrogen-bond acceptors (Lipinski definition) is 5. The smallest absolute Gasteiger partial charge is 0.290 e. The van der Waals surface area contributed by atoms with Gasteiger partial charge in [-0.1, -0.05) is 50.6 Å². The van der Waals surface area contributed by atoms with Crippen LogP contribution in [0.5, 0.6) is 5.75 Å². The monoisotopic (exact) mass is 434 g/mol. The second-order valence-electron chi connectivity index (χ2n) is 7.16. The van der Waals surface area contributed by atoms with Crippen molar-refractivity contribution in [3.05, 3.63) is 82.8 Å². The number of unbranched alkanes of at least 4 members (excludes halogenated alkanes) is 2. The van der Waals surface area contributed by atoms with Crippen LogP contribution in [0, 0.1) is 0 Å². The highest BCUT2D eigenvalue weighted by atomic mass is 16.5. The van der Waals surface area contributed by atoms with Gasteiger partial charge in [-0.15, -0.1) is 0 Å². The highest BCUT2D eigenvalue weighted by Gasteiger charge is 2.17. The van der Waals surface area contributed by atoms with Crippen LogP contribution in [-0.2, 0) is 6.54 Å². The maximum Gasteiger partial charge on any atom is 0.290 e. The first-order valence-electron chi connectivity index (χ1n) is 10.5. The molecule has 2 amide bonds. The van der Waals surface area contributed by atoms with Gasteiger partial charge in [0.1, 0.15) is 12.4 Å². The van der Waals surface area contributed by atoms with Crippen molar-refractivity contribution in [2.75, 3.05) is 6.61 Å². The fraction of sp³-hybridized carbons (Fsp3) is 0.250. The number of aromatic nitrogens is 2. The molecule has 0 aliphatic heterocycles. The number of amides is 2. The normalized spacial score (nSPS) is 10.5. The molecule has 32 heavy (non-hydrogen) atoms. The molecule has 0 atom stereocenters. The molecule has 0 bridgehead atoms. The molecule has 3 aromatic rings. The molecule has 0 aliphatic rings. The Bertz CT molecular complexity index is 1170. The van der Waals surface area contributed by atoms with Crippen LogP contribution in [0.2, 0.25) is 0 Å². The van der Waals surface area contributed by atoms with Crippen LogP contribution in [0.3, 0.4) is 0 Å². The van der Waals surface area contributed by atoms with Crippen molar-refractivity contribution in [2.45, 2.75) is 32.7 Å². The summed E-state index contributed by atoms with van der Waals surface area (Å²) < 4.78 is 6.70. The summed E-state index contributed by atoms with van der Waals surface area (Å²) in [5.41, 5.74) is 4.96. The summed E-state index contributed by atoms with van der Waals surface area (Å²) >= 11 is 0. The van der Waals surface area contributed by atoms with Crippen molar-refractivity contribution in [3.8, 4) is 5.75 Å². The summed E-state index contributed by atoms with van der Waals surface area (Å²) in [5.74, 6) is -0.495. The zero-order valence-electron chi connectivity index (χ0n) is 18.0. The van der Waals surface area contributed by atoms with Crippen molar-refractivity contribution in [2.24, 2.45) is 0 Å². The Hall–Kier alpha value is -3.94. The lowest BCUT2D eigenvalue weighted by molar-refractivity contribution is 0.0843. The Labute approximate surface area is 185 Å². The van der Waals surface area contributed by atoms with E-state index in [1.807, 2.05) is 0 Å². The van der Waals surface area contributed by atoms with Crippen LogP contribution in [-0.4, -0.2) is 28.2 Å². The van der Waals surface area contributed by atoms with Gasteiger partial charge in [0.25, 0.3) is 17.4 Å². The number of aryl methyl sites for hydroxylation is 1. The van der Waals surface area contributed by atoms with Gasteiger partial charge in [0.05, 0.1) is 5.39 Å². The maximum absolute atomic E-state index is 12.8. The molecule has 2 N–H and O–H groups in total. The van der Waals surface area contributed by atoms with Crippen LogP contribution in [0.25, 0.3) is 10.8 Å². The molecule has 166 valence electrons. The third-order valence-electron chi connectivity index (χ3n) is 4.83. The van der Waals surface area contributed by atoms with Gasteiger partial charge < -0.3 is 4.74 Å². The third kappa shape index (κ3) is 5.40. The van der Waals surface area contributed by atoms with E-state index in [4.69, 9.17) is 4.74 Å². The number of nitrogens with zero attached hydrogens (tertiary/aromatic N) is 2. The van der Waals surface area contributed by atoms with E-state index in [1.165, 1.54) is 4.68 Å². The van der Waals surface area contributed by atoms with E-state index in [2.05, 4.69) is 29.5 Å². The molecule has 0 saturated heterocycles. The van der Waals surface area contributed by atoms with Gasteiger partial charge in [0.2, 0.25) is 0 Å². The topological polar surface area (TPSA) is 102 Å². The third-order valence-corrected chi connectivity index (χ3v) is 4.83. The Morgan fingerprint density at radius 3 is 2.41 bits per heavy atom. The maximum atomic E-state index is 12.8. The van der Waals surface area contributed by atoms with E-state index in [-0.39, 0.29) is 11.3 Å². The minimum atomic E-state index is -0.607. The van der Waals surface area contributed by atoms with Gasteiger partial charge in [0.15, 0.2) is 5.69 Å². The number of ether oxygens (including phenoxy) is 1. The first kappa shape index (κ1) is 22.7. The van der Waals surface area contributed by atoms with Gasteiger partial charge in [-0.05, 0) is 36.8 Å². The Morgan fingerprint density at radius 2 is 1.72 bits per heavy atom. The molecule has 0 radical (unpaired) electrons. The first-order valence-corrected chi connectivity index (χ1v) is 10.5. The number of nitrogens with one attached hydrogen (secondary N) is 2. The zero-order chi connectivity index (χ0) is 22.9. The minimum Gasteiger partial charge on any atom is -0.490 e. The van der Waals surface area contributed by atoms with Gasteiger partial charge in [0, 0.05) is 17.5 Å². The summed E-state index contributed by atoms with van der Waals surface area (Å²) in [6.07, 6.45) is 4.37. The molecule has 0 saturated carbocycles. The highest BCUT2D eigenvalue weighted by molar-refractivity contribution is 6.06. The van der Waals surface area contributed by atoms with Crippen LogP contribution in [0.1, 0.15) is 47.0 Å². The van der Waals surface area contributed by atoms with Crippen LogP contribution >= 0.6 is 0 Å². The van der Waals surface area contributed by atoms with Crippen molar-refractivity contribution < 1.29 is 14.3 Å². The molecule has 2 aromatic carbocycles. The first-order chi connectivity index (χ1) is 15.5. The number of fused-ring (bicyclic) bond motifs is 1. The molecular weight excluding hydrogens is 408 g/mol. The molecule has 0 unspecified atom stereocenters. The lowest BCUT2D eigenvalue weighted by atomic mass is 10.1. The lowest BCUT2D eigenvalue weighted by Gasteiger charge is -2.12. The lowest BCUT2D eigenvalue weighted by Crippen LogP contribution is -2.42. The number of rotatable bonds is 9. The van der Waals surface area contributed by atoms with Gasteiger partial charge in [-0.25, -0.2) is 4.68 Å². The number of hydrazine groups is 1. The Balaban J connectivity index is 1.76. The van der Waals surface area contributed by atoms with Gasteiger partial charge >= 0.3 is 0 Å². The minimum absolute atomic E-state index is 0.0742. The molecule has 8 heteroatoms. The number of hydrogen-bond donors (Lipinski definition) is 2. The SMILES string of the molecule is C=CCOc1ccc(C(=O)NNC(=O)c2nn(CCCCC)c(=O)c3ccccc23)cc1. The second kappa shape index (κ2) is 10.9. The summed E-state index contributed by atoms with van der Waals surface area (Å²) in [5, 5.41) is 5.12. The van der Waals surface area contributed by atoms with Crippen molar-refractivity contribution in [3.63, 3.8) is 0 Å². The van der Waals surface area contributed by atoms with Crippen molar-refractivity contribution in [1.29, 1.82) is 0 Å². The fourth-order valence-corrected chi connectivity index (χ4v) is 3.17. The molecule has 3 rings (SSSR count). The van der Waals surface area contributed by atoms with Crippen LogP contribution in [0.4, 0.5) is 0 Å². The van der Waals surface area contributed by atoms with E-state index in [1.54, 1.807) is 54.6 Å². The van der Waals surface area contributed by atoms with Gasteiger partial charge in [-0.3, -0.25) is 25.2 Å². The Kier molecular flexibility index (Phi) is 7.75. The van der Waals surface area contributed by atoms with Gasteiger partial charge in [-0.2, -0.15) is 5.10 Å². The molecular formula is C24H26N4O4. The van der Waals surface area contributed by atoms with E-state index in [0.717, 1.165) is 19.3 Å². The molecule has 0 aliphatic carbocycles. The van der Waals surface area contributed by atoms with E-state index in [9.17, 15) is 14.4 Å². The van der Waals surface area contributed by atoms with Crippen LogP contribution < -0.4 is 21.1 Å². The number of benzene rings is 2. The largest absolute Gasteiger partial charge is 0.490 e. The summed E-state index contributed by atoms with van der Waals surface area (Å²) in [4.78, 5) is 38.0. The standard InChI is InChI=1S/C24H26N4O4/c1-3-5-8-15-28-24(31)20-10-7-6-9-19(20)21(27-28)23(30)26-25-22(29)17-11-13-18(14-12-17)32-16-4-2/h4,6-7,9-14H,2-3,5,8,15-16H2,1H3,(H,25,29)(H,26,30). The molecule has 1 aromatic heterocycles. The molecule has 8 nitrogen and oxygen atoms in total. The average molecular weight is 434 g/mol. The van der Waals surface area contributed by atoms with Crippen molar-refractivity contribution in [1.82, 2.24) is 20.6 Å². The zero-order valence-corrected chi connectivity index (χ0v) is 18.0. The van der Waals surface area contributed by atoms with E-state index >= 15 is 0 Å². The highest BCUT2D eigenvalue weighted by Crippen LogP contribution is 2.14. The van der Waals surface area contributed by atoms with E-state index in [0.29, 0.717) is 35.2 Å². The molecule has 1 heterocycles. The Morgan fingerprint density at radius 1 is 1.03 bits per heavy atom. The summed E-state index contributed by atoms with van der Waals surface area (Å²) in [7, 11) is 0. The average Bonchev–Trinajstić information content (AvgIpc) is 2.83. The van der Waals surface area contributed by atoms with Crippen LogP contribution in [0.15, 0.2) is 66.0 Å². The van der Waals surface area contributed by atoms with Crippen molar-refractivity contribution >= 4 is 22.6 Å². The summed E-state index contributed by atoms with van der Waals surface area (Å²) in [6, 6.07) is 13.3. The van der Waals surface area contributed by atoms with E-state index < -0.39 is 11.8 Å².